The maximum absolute atomic E-state index is 12.6. The fourth-order valence-corrected chi connectivity index (χ4v) is 5.42. The third-order valence-corrected chi connectivity index (χ3v) is 7.57. The van der Waals surface area contributed by atoms with Gasteiger partial charge in [-0.25, -0.2) is 5.43 Å². The van der Waals surface area contributed by atoms with E-state index in [-0.39, 0.29) is 29.7 Å². The molecule has 5 rings (SSSR count). The molecule has 206 valence electrons. The Labute approximate surface area is 242 Å². The smallest absolute Gasteiger partial charge is 0.271 e. The standard InChI is InChI=1S/C32H28N4O4S/c37-29(34-27-9-5-2-6-10-27)21-40-28-17-11-23(12-18-28)19-33-35-31(39)25-13-15-26(16-14-25)32-36(30(38)22-41-32)20-24-7-3-1-4-8-24/h1-19,32H,20-22H2,(H,34,37)(H,35,39). The summed E-state index contributed by atoms with van der Waals surface area (Å²) in [6, 6.07) is 33.3. The lowest BCUT2D eigenvalue weighted by molar-refractivity contribution is -0.128. The number of hydrazone groups is 1. The minimum atomic E-state index is -0.339. The van der Waals surface area contributed by atoms with Gasteiger partial charge >= 0.3 is 0 Å². The second-order valence-corrected chi connectivity index (χ2v) is 10.3. The Balaban J connectivity index is 1.10. The van der Waals surface area contributed by atoms with Gasteiger partial charge in [0.1, 0.15) is 11.1 Å². The summed E-state index contributed by atoms with van der Waals surface area (Å²) < 4.78 is 5.53. The zero-order chi connectivity index (χ0) is 28.4. The van der Waals surface area contributed by atoms with E-state index < -0.39 is 0 Å². The molecule has 1 atom stereocenters. The Bertz CT molecular complexity index is 1510. The lowest BCUT2D eigenvalue weighted by atomic mass is 10.1. The molecule has 4 aromatic carbocycles. The molecule has 9 heteroatoms. The number of hydrogen-bond donors (Lipinski definition) is 2. The fourth-order valence-electron chi connectivity index (χ4n) is 4.23. The molecule has 0 aliphatic carbocycles. The van der Waals surface area contributed by atoms with Crippen LogP contribution >= 0.6 is 11.8 Å². The highest BCUT2D eigenvalue weighted by Gasteiger charge is 2.32. The van der Waals surface area contributed by atoms with E-state index in [9.17, 15) is 14.4 Å². The number of nitrogens with one attached hydrogen (secondary N) is 2. The second-order valence-electron chi connectivity index (χ2n) is 9.26. The lowest BCUT2D eigenvalue weighted by Crippen LogP contribution is -2.27. The first-order valence-electron chi connectivity index (χ1n) is 13.0. The van der Waals surface area contributed by atoms with Crippen molar-refractivity contribution in [1.29, 1.82) is 0 Å². The van der Waals surface area contributed by atoms with Crippen LogP contribution in [0.2, 0.25) is 0 Å². The number of carbonyl (C=O) groups is 3. The van der Waals surface area contributed by atoms with Crippen molar-refractivity contribution in [3.05, 3.63) is 131 Å². The number of rotatable bonds is 10. The van der Waals surface area contributed by atoms with E-state index in [1.54, 1.807) is 60.3 Å². The summed E-state index contributed by atoms with van der Waals surface area (Å²) in [7, 11) is 0. The van der Waals surface area contributed by atoms with Gasteiger partial charge < -0.3 is 15.0 Å². The van der Waals surface area contributed by atoms with Gasteiger partial charge in [-0.3, -0.25) is 14.4 Å². The van der Waals surface area contributed by atoms with Crippen LogP contribution in [0.15, 0.2) is 114 Å². The second kappa shape index (κ2) is 13.5. The van der Waals surface area contributed by atoms with Crippen LogP contribution < -0.4 is 15.5 Å². The molecule has 0 aromatic heterocycles. The van der Waals surface area contributed by atoms with Crippen molar-refractivity contribution >= 4 is 41.4 Å². The summed E-state index contributed by atoms with van der Waals surface area (Å²) in [5.74, 6) is 0.490. The Morgan fingerprint density at radius 3 is 2.29 bits per heavy atom. The van der Waals surface area contributed by atoms with Crippen LogP contribution in [0.3, 0.4) is 0 Å². The molecule has 4 aromatic rings. The van der Waals surface area contributed by atoms with Gasteiger partial charge in [0.2, 0.25) is 5.91 Å². The summed E-state index contributed by atoms with van der Waals surface area (Å²) in [5, 5.41) is 6.72. The monoisotopic (exact) mass is 564 g/mol. The number of para-hydroxylation sites is 1. The van der Waals surface area contributed by atoms with Gasteiger partial charge in [-0.15, -0.1) is 11.8 Å². The zero-order valence-electron chi connectivity index (χ0n) is 22.1. The molecule has 1 heterocycles. The molecule has 1 aliphatic rings. The van der Waals surface area contributed by atoms with Gasteiger partial charge in [0.25, 0.3) is 11.8 Å². The molecule has 0 saturated carbocycles. The number of amides is 3. The van der Waals surface area contributed by atoms with Gasteiger partial charge in [0, 0.05) is 17.8 Å². The number of carbonyl (C=O) groups excluding carboxylic acids is 3. The van der Waals surface area contributed by atoms with Gasteiger partial charge in [0.05, 0.1) is 12.0 Å². The highest BCUT2D eigenvalue weighted by Crippen LogP contribution is 2.39. The molecule has 0 spiro atoms. The van der Waals surface area contributed by atoms with Crippen molar-refractivity contribution in [1.82, 2.24) is 10.3 Å². The molecular weight excluding hydrogens is 536 g/mol. The predicted molar refractivity (Wildman–Crippen MR) is 161 cm³/mol. The van der Waals surface area contributed by atoms with Crippen LogP contribution in [-0.4, -0.2) is 41.2 Å². The molecule has 1 aliphatic heterocycles. The van der Waals surface area contributed by atoms with Crippen molar-refractivity contribution < 1.29 is 19.1 Å². The number of nitrogens with zero attached hydrogens (tertiary/aromatic N) is 2. The quantitative estimate of drug-likeness (QED) is 0.203. The largest absolute Gasteiger partial charge is 0.484 e. The van der Waals surface area contributed by atoms with Gasteiger partial charge in [-0.05, 0) is 65.2 Å². The molecule has 2 N–H and O–H groups in total. The van der Waals surface area contributed by atoms with Crippen LogP contribution in [0.4, 0.5) is 5.69 Å². The molecule has 1 unspecified atom stereocenters. The van der Waals surface area contributed by atoms with E-state index in [1.165, 1.54) is 6.21 Å². The Kier molecular flexibility index (Phi) is 9.08. The minimum Gasteiger partial charge on any atom is -0.484 e. The highest BCUT2D eigenvalue weighted by atomic mass is 32.2. The van der Waals surface area contributed by atoms with E-state index in [1.807, 2.05) is 65.6 Å². The maximum atomic E-state index is 12.6. The van der Waals surface area contributed by atoms with Crippen LogP contribution in [0.5, 0.6) is 5.75 Å². The summed E-state index contributed by atoms with van der Waals surface area (Å²) >= 11 is 1.59. The Morgan fingerprint density at radius 2 is 1.59 bits per heavy atom. The topological polar surface area (TPSA) is 100 Å². The molecule has 8 nitrogen and oxygen atoms in total. The average Bonchev–Trinajstić information content (AvgIpc) is 3.37. The Hall–Kier alpha value is -4.89. The molecule has 0 bridgehead atoms. The molecule has 41 heavy (non-hydrogen) atoms. The predicted octanol–water partition coefficient (Wildman–Crippen LogP) is 5.24. The van der Waals surface area contributed by atoms with Crippen LogP contribution in [0, 0.1) is 0 Å². The number of thioether (sulfide) groups is 1. The molecule has 1 saturated heterocycles. The number of benzene rings is 4. The molecule has 3 amide bonds. The summed E-state index contributed by atoms with van der Waals surface area (Å²) in [5.41, 5.74) is 6.51. The van der Waals surface area contributed by atoms with Gasteiger partial charge in [-0.2, -0.15) is 5.10 Å². The van der Waals surface area contributed by atoms with Gasteiger partial charge in [-0.1, -0.05) is 60.7 Å². The van der Waals surface area contributed by atoms with Crippen molar-refractivity contribution in [3.63, 3.8) is 0 Å². The van der Waals surface area contributed by atoms with E-state index >= 15 is 0 Å². The van der Waals surface area contributed by atoms with Crippen molar-refractivity contribution in [2.45, 2.75) is 11.9 Å². The third kappa shape index (κ3) is 7.61. The summed E-state index contributed by atoms with van der Waals surface area (Å²) in [6.45, 7) is 0.433. The maximum Gasteiger partial charge on any atom is 0.271 e. The van der Waals surface area contributed by atoms with E-state index in [0.29, 0.717) is 29.3 Å². The van der Waals surface area contributed by atoms with Crippen molar-refractivity contribution in [3.8, 4) is 5.75 Å². The third-order valence-electron chi connectivity index (χ3n) is 6.31. The SMILES string of the molecule is O=C(COc1ccc(C=NNC(=O)c2ccc(C3SCC(=O)N3Cc3ccccc3)cc2)cc1)Nc1ccccc1. The number of hydrogen-bond acceptors (Lipinski definition) is 6. The number of ether oxygens (including phenoxy) is 1. The zero-order valence-corrected chi connectivity index (χ0v) is 22.9. The van der Waals surface area contributed by atoms with E-state index in [4.69, 9.17) is 4.74 Å². The first-order chi connectivity index (χ1) is 20.0. The Morgan fingerprint density at radius 1 is 0.902 bits per heavy atom. The van der Waals surface area contributed by atoms with Crippen molar-refractivity contribution in [2.75, 3.05) is 17.7 Å². The lowest BCUT2D eigenvalue weighted by Gasteiger charge is -2.24. The fraction of sp³-hybridized carbons (Fsp3) is 0.125. The number of anilines is 1. The first-order valence-corrected chi connectivity index (χ1v) is 14.1. The summed E-state index contributed by atoms with van der Waals surface area (Å²) in [4.78, 5) is 39.0. The average molecular weight is 565 g/mol. The molecule has 0 radical (unpaired) electrons. The van der Waals surface area contributed by atoms with Crippen LogP contribution in [0.1, 0.15) is 32.4 Å². The van der Waals surface area contributed by atoms with Gasteiger partial charge in [0.15, 0.2) is 6.61 Å². The highest BCUT2D eigenvalue weighted by molar-refractivity contribution is 8.00. The summed E-state index contributed by atoms with van der Waals surface area (Å²) in [6.07, 6.45) is 1.53. The minimum absolute atomic E-state index is 0.0944. The molecular formula is C32H28N4O4S. The normalized spacial score (nSPS) is 14.7. The van der Waals surface area contributed by atoms with Crippen LogP contribution in [-0.2, 0) is 16.1 Å². The first kappa shape index (κ1) is 27.7. The van der Waals surface area contributed by atoms with E-state index in [2.05, 4.69) is 15.8 Å². The van der Waals surface area contributed by atoms with Crippen LogP contribution in [0.25, 0.3) is 0 Å². The molecule has 1 fully saturated rings. The van der Waals surface area contributed by atoms with Crippen molar-refractivity contribution in [2.24, 2.45) is 5.10 Å². The van der Waals surface area contributed by atoms with E-state index in [0.717, 1.165) is 16.7 Å².